The molecule has 2 heterocycles. The second-order valence-corrected chi connectivity index (χ2v) is 3.39. The lowest BCUT2D eigenvalue weighted by Gasteiger charge is -2.04. The Morgan fingerprint density at radius 3 is 3.19 bits per heavy atom. The number of nitrogens with one attached hydrogen (secondary N) is 2. The maximum absolute atomic E-state index is 6.67. The average molecular weight is 219 g/mol. The highest BCUT2D eigenvalue weighted by Crippen LogP contribution is 2.10. The van der Waals surface area contributed by atoms with Crippen LogP contribution in [0.25, 0.3) is 5.65 Å². The van der Waals surface area contributed by atoms with Crippen molar-refractivity contribution in [3.8, 4) is 0 Å². The van der Waals surface area contributed by atoms with Gasteiger partial charge in [0, 0.05) is 13.3 Å². The molecule has 0 aliphatic rings. The molecule has 0 bridgehead atoms. The van der Waals surface area contributed by atoms with Crippen molar-refractivity contribution in [1.29, 1.82) is 5.53 Å². The second kappa shape index (κ2) is 4.71. The molecule has 0 amide bonds. The lowest BCUT2D eigenvalue weighted by Crippen LogP contribution is -2.05. The Morgan fingerprint density at radius 1 is 1.56 bits per heavy atom. The first-order valence-corrected chi connectivity index (χ1v) is 4.88. The summed E-state index contributed by atoms with van der Waals surface area (Å²) in [6.45, 7) is 1.06. The van der Waals surface area contributed by atoms with Crippen LogP contribution in [0.15, 0.2) is 29.7 Å². The summed E-state index contributed by atoms with van der Waals surface area (Å²) in [7, 11) is 1.66. The SMILES string of the molecule is COCc1cnc2ccc(CNN=N)cn12. The van der Waals surface area contributed by atoms with E-state index in [1.54, 1.807) is 13.3 Å². The molecule has 2 rings (SSSR count). The van der Waals surface area contributed by atoms with Gasteiger partial charge in [0.05, 0.1) is 25.0 Å². The molecule has 0 spiro atoms. The van der Waals surface area contributed by atoms with Crippen LogP contribution >= 0.6 is 0 Å². The van der Waals surface area contributed by atoms with Gasteiger partial charge in [-0.15, -0.1) is 0 Å². The van der Waals surface area contributed by atoms with Crippen molar-refractivity contribution in [3.05, 3.63) is 35.8 Å². The third kappa shape index (κ3) is 2.01. The van der Waals surface area contributed by atoms with E-state index in [0.717, 1.165) is 16.9 Å². The number of nitrogens with zero attached hydrogens (tertiary/aromatic N) is 3. The van der Waals surface area contributed by atoms with Crippen LogP contribution in [0.1, 0.15) is 11.3 Å². The first kappa shape index (κ1) is 10.6. The van der Waals surface area contributed by atoms with E-state index >= 15 is 0 Å². The first-order chi connectivity index (χ1) is 7.85. The Balaban J connectivity index is 2.33. The Labute approximate surface area is 92.7 Å². The quantitative estimate of drug-likeness (QED) is 0.591. The zero-order chi connectivity index (χ0) is 11.4. The molecule has 2 aromatic heterocycles. The zero-order valence-corrected chi connectivity index (χ0v) is 8.97. The Morgan fingerprint density at radius 2 is 2.44 bits per heavy atom. The number of methoxy groups -OCH3 is 1. The maximum Gasteiger partial charge on any atom is 0.136 e. The molecular formula is C10H13N5O. The van der Waals surface area contributed by atoms with Crippen molar-refractivity contribution in [1.82, 2.24) is 14.8 Å². The van der Waals surface area contributed by atoms with Crippen LogP contribution in [0.3, 0.4) is 0 Å². The topological polar surface area (TPSA) is 74.8 Å². The van der Waals surface area contributed by atoms with Crippen molar-refractivity contribution < 1.29 is 4.74 Å². The van der Waals surface area contributed by atoms with Gasteiger partial charge < -0.3 is 9.14 Å². The normalized spacial score (nSPS) is 10.6. The predicted octanol–water partition coefficient (Wildman–Crippen LogP) is 1.52. The summed E-state index contributed by atoms with van der Waals surface area (Å²) in [5.74, 6) is 0. The molecule has 16 heavy (non-hydrogen) atoms. The molecule has 2 aromatic rings. The zero-order valence-electron chi connectivity index (χ0n) is 8.97. The van der Waals surface area contributed by atoms with E-state index in [9.17, 15) is 0 Å². The van der Waals surface area contributed by atoms with E-state index < -0.39 is 0 Å². The number of pyridine rings is 1. The maximum atomic E-state index is 6.67. The third-order valence-corrected chi connectivity index (χ3v) is 2.30. The van der Waals surface area contributed by atoms with Gasteiger partial charge in [-0.2, -0.15) is 5.53 Å². The highest BCUT2D eigenvalue weighted by molar-refractivity contribution is 5.41. The number of ether oxygens (including phenoxy) is 1. The van der Waals surface area contributed by atoms with Crippen LogP contribution in [-0.2, 0) is 17.9 Å². The monoisotopic (exact) mass is 219 g/mol. The number of hydrogen-bond donors (Lipinski definition) is 2. The van der Waals surface area contributed by atoms with Crippen molar-refractivity contribution >= 4 is 5.65 Å². The lowest BCUT2D eigenvalue weighted by molar-refractivity contribution is 0.181. The molecule has 0 saturated carbocycles. The summed E-state index contributed by atoms with van der Waals surface area (Å²) in [6.07, 6.45) is 3.76. The van der Waals surface area contributed by atoms with E-state index in [0.29, 0.717) is 13.2 Å². The van der Waals surface area contributed by atoms with Crippen LogP contribution < -0.4 is 5.43 Å². The Kier molecular flexibility index (Phi) is 3.11. The number of aromatic nitrogens is 2. The van der Waals surface area contributed by atoms with E-state index in [4.69, 9.17) is 10.3 Å². The summed E-state index contributed by atoms with van der Waals surface area (Å²) in [6, 6.07) is 3.89. The van der Waals surface area contributed by atoms with Crippen LogP contribution in [0.2, 0.25) is 0 Å². The van der Waals surface area contributed by atoms with Gasteiger partial charge in [-0.25, -0.2) is 4.98 Å². The summed E-state index contributed by atoms with van der Waals surface area (Å²) in [5.41, 5.74) is 12.2. The van der Waals surface area contributed by atoms with Gasteiger partial charge in [0.1, 0.15) is 5.65 Å². The largest absolute Gasteiger partial charge is 0.378 e. The standard InChI is InChI=1S/C10H13N5O/c1-16-7-9-5-12-10-3-2-8(4-13-14-11)6-15(9)10/h2-3,5-6H,4,7H2,1H3,(H2,11,13). The number of fused-ring (bicyclic) bond motifs is 1. The third-order valence-electron chi connectivity index (χ3n) is 2.30. The number of rotatable bonds is 5. The smallest absolute Gasteiger partial charge is 0.136 e. The fourth-order valence-electron chi connectivity index (χ4n) is 1.57. The van der Waals surface area contributed by atoms with Crippen molar-refractivity contribution in [2.75, 3.05) is 7.11 Å². The predicted molar refractivity (Wildman–Crippen MR) is 57.9 cm³/mol. The van der Waals surface area contributed by atoms with Gasteiger partial charge >= 0.3 is 0 Å². The van der Waals surface area contributed by atoms with Crippen LogP contribution in [0.5, 0.6) is 0 Å². The highest BCUT2D eigenvalue weighted by Gasteiger charge is 2.03. The van der Waals surface area contributed by atoms with Crippen molar-refractivity contribution in [2.45, 2.75) is 13.2 Å². The molecule has 0 fully saturated rings. The fourth-order valence-corrected chi connectivity index (χ4v) is 1.57. The number of imidazole rings is 1. The van der Waals surface area contributed by atoms with Gasteiger partial charge in [0.15, 0.2) is 0 Å². The molecule has 0 atom stereocenters. The molecule has 0 unspecified atom stereocenters. The molecule has 0 aliphatic heterocycles. The molecule has 2 N–H and O–H groups in total. The Hall–Kier alpha value is -1.95. The minimum Gasteiger partial charge on any atom is -0.378 e. The minimum atomic E-state index is 0.529. The minimum absolute atomic E-state index is 0.529. The van der Waals surface area contributed by atoms with Gasteiger partial charge in [0.25, 0.3) is 0 Å². The van der Waals surface area contributed by atoms with E-state index in [1.807, 2.05) is 22.7 Å². The molecule has 6 heteroatoms. The van der Waals surface area contributed by atoms with Gasteiger partial charge in [-0.1, -0.05) is 11.3 Å². The summed E-state index contributed by atoms with van der Waals surface area (Å²) in [5, 5.41) is 3.11. The molecule has 0 aliphatic carbocycles. The molecule has 0 radical (unpaired) electrons. The van der Waals surface area contributed by atoms with Crippen molar-refractivity contribution in [3.63, 3.8) is 0 Å². The van der Waals surface area contributed by atoms with E-state index in [2.05, 4.69) is 15.6 Å². The molecule has 6 nitrogen and oxygen atoms in total. The Bertz CT molecular complexity index is 493. The second-order valence-electron chi connectivity index (χ2n) is 3.39. The summed E-state index contributed by atoms with van der Waals surface area (Å²) in [4.78, 5) is 4.26. The van der Waals surface area contributed by atoms with Gasteiger partial charge in [0.2, 0.25) is 0 Å². The van der Waals surface area contributed by atoms with Crippen LogP contribution in [-0.4, -0.2) is 16.5 Å². The van der Waals surface area contributed by atoms with Gasteiger partial charge in [-0.05, 0) is 11.6 Å². The molecule has 0 aromatic carbocycles. The van der Waals surface area contributed by atoms with Crippen molar-refractivity contribution in [2.24, 2.45) is 5.22 Å². The fraction of sp³-hybridized carbons (Fsp3) is 0.300. The molecular weight excluding hydrogens is 206 g/mol. The average Bonchev–Trinajstić information content (AvgIpc) is 2.70. The number of hydrogen-bond acceptors (Lipinski definition) is 4. The van der Waals surface area contributed by atoms with E-state index in [1.165, 1.54) is 0 Å². The molecule has 0 saturated heterocycles. The lowest BCUT2D eigenvalue weighted by atomic mass is 10.3. The summed E-state index contributed by atoms with van der Waals surface area (Å²) < 4.78 is 7.07. The van der Waals surface area contributed by atoms with E-state index in [-0.39, 0.29) is 0 Å². The van der Waals surface area contributed by atoms with Gasteiger partial charge in [-0.3, -0.25) is 5.43 Å². The molecule has 84 valence electrons. The van der Waals surface area contributed by atoms with Crippen LogP contribution in [0, 0.1) is 5.53 Å². The van der Waals surface area contributed by atoms with Crippen LogP contribution in [0.4, 0.5) is 0 Å². The summed E-state index contributed by atoms with van der Waals surface area (Å²) >= 11 is 0. The first-order valence-electron chi connectivity index (χ1n) is 4.88. The highest BCUT2D eigenvalue weighted by atomic mass is 16.5.